The van der Waals surface area contributed by atoms with Gasteiger partial charge in [-0.05, 0) is 31.2 Å². The van der Waals surface area contributed by atoms with E-state index in [0.29, 0.717) is 44.7 Å². The Morgan fingerprint density at radius 3 is 2.58 bits per heavy atom. The Hall–Kier alpha value is -3.05. The van der Waals surface area contributed by atoms with Gasteiger partial charge in [0.2, 0.25) is 11.8 Å². The van der Waals surface area contributed by atoms with Crippen molar-refractivity contribution in [1.29, 1.82) is 0 Å². The van der Waals surface area contributed by atoms with Gasteiger partial charge in [-0.25, -0.2) is 0 Å². The minimum absolute atomic E-state index is 0.116. The second-order valence-electron chi connectivity index (χ2n) is 12.3. The molecule has 1 N–H and O–H groups in total. The topological polar surface area (TPSA) is 109 Å². The van der Waals surface area contributed by atoms with Gasteiger partial charge >= 0.3 is 5.97 Å². The van der Waals surface area contributed by atoms with Gasteiger partial charge in [-0.3, -0.25) is 19.3 Å². The minimum Gasteiger partial charge on any atom is -0.465 e. The van der Waals surface area contributed by atoms with Crippen molar-refractivity contribution in [3.05, 3.63) is 61.2 Å². The van der Waals surface area contributed by atoms with Crippen molar-refractivity contribution in [2.45, 2.75) is 50.0 Å². The van der Waals surface area contributed by atoms with Gasteiger partial charge in [-0.15, -0.1) is 13.2 Å². The number of nitrogens with zero attached hydrogens (tertiary/aromatic N) is 3. The van der Waals surface area contributed by atoms with Gasteiger partial charge in [-0.2, -0.15) is 0 Å². The van der Waals surface area contributed by atoms with Crippen LogP contribution in [0.1, 0.15) is 38.3 Å². The summed E-state index contributed by atoms with van der Waals surface area (Å²) in [5.41, 5.74) is -1.52. The summed E-state index contributed by atoms with van der Waals surface area (Å²) >= 11 is 0. The molecule has 10 heteroatoms. The van der Waals surface area contributed by atoms with Crippen LogP contribution in [0.25, 0.3) is 0 Å². The highest BCUT2D eigenvalue weighted by atomic mass is 16.6. The first-order chi connectivity index (χ1) is 20.7. The van der Waals surface area contributed by atoms with E-state index >= 15 is 0 Å². The van der Waals surface area contributed by atoms with E-state index in [1.54, 1.807) is 17.1 Å². The SMILES string of the molecule is C=CCCOC(=O)[C@@H]1[C@H]2C(=O)N([C@H](CO)c3ccccc3)C(C(=O)N(CC=C)CCN3CCOCC3)C23CC(C)[C@@]1(C)O3. The third-order valence-electron chi connectivity index (χ3n) is 9.95. The normalized spacial score (nSPS) is 32.3. The third-order valence-corrected chi connectivity index (χ3v) is 9.95. The molecule has 5 rings (SSSR count). The molecule has 10 nitrogen and oxygen atoms in total. The molecule has 0 aromatic heterocycles. The highest BCUT2D eigenvalue weighted by Gasteiger charge is 2.80. The Bertz CT molecular complexity index is 1200. The largest absolute Gasteiger partial charge is 0.465 e. The molecule has 1 aromatic rings. The molecule has 1 spiro atoms. The second kappa shape index (κ2) is 12.9. The maximum absolute atomic E-state index is 14.8. The summed E-state index contributed by atoms with van der Waals surface area (Å²) in [6, 6.07) is 7.38. The second-order valence-corrected chi connectivity index (χ2v) is 12.3. The summed E-state index contributed by atoms with van der Waals surface area (Å²) in [5, 5.41) is 10.7. The van der Waals surface area contributed by atoms with Gasteiger partial charge < -0.3 is 29.1 Å². The van der Waals surface area contributed by atoms with Gasteiger partial charge in [0.25, 0.3) is 0 Å². The average molecular weight is 596 g/mol. The van der Waals surface area contributed by atoms with Crippen molar-refractivity contribution in [2.75, 3.05) is 59.2 Å². The van der Waals surface area contributed by atoms with Crippen molar-refractivity contribution < 1.29 is 33.7 Å². The van der Waals surface area contributed by atoms with Crippen LogP contribution in [0.15, 0.2) is 55.6 Å². The standard InChI is InChI=1S/C33H45N3O7/c1-5-7-18-42-31(40)27-26-29(38)36(25(22-37)24-11-9-8-10-12-24)28(33(26)21-23(3)32(27,4)43-33)30(39)35(13-6-2)15-14-34-16-19-41-20-17-34/h5-6,8-12,23,25-28,37H,1-2,7,13-22H2,3-4H3/t23?,25-,26+,27+,28?,32-,33?/m1/s1. The summed E-state index contributed by atoms with van der Waals surface area (Å²) in [6.07, 6.45) is 4.28. The number of ether oxygens (including phenoxy) is 3. The molecule has 4 aliphatic rings. The Morgan fingerprint density at radius 1 is 1.21 bits per heavy atom. The van der Waals surface area contributed by atoms with Crippen LogP contribution >= 0.6 is 0 Å². The fourth-order valence-corrected chi connectivity index (χ4v) is 7.72. The summed E-state index contributed by atoms with van der Waals surface area (Å²) in [6.45, 7) is 15.5. The van der Waals surface area contributed by atoms with Crippen LogP contribution < -0.4 is 0 Å². The molecular weight excluding hydrogens is 550 g/mol. The van der Waals surface area contributed by atoms with E-state index in [4.69, 9.17) is 14.2 Å². The monoisotopic (exact) mass is 595 g/mol. The van der Waals surface area contributed by atoms with Crippen LogP contribution in [-0.2, 0) is 28.6 Å². The number of aliphatic hydroxyl groups is 1. The highest BCUT2D eigenvalue weighted by Crippen LogP contribution is 2.66. The Kier molecular flexibility index (Phi) is 9.41. The molecule has 1 aromatic carbocycles. The minimum atomic E-state index is -1.24. The van der Waals surface area contributed by atoms with Crippen LogP contribution in [-0.4, -0.2) is 114 Å². The number of rotatable bonds is 13. The van der Waals surface area contributed by atoms with Crippen LogP contribution in [0.2, 0.25) is 0 Å². The van der Waals surface area contributed by atoms with E-state index in [-0.39, 0.29) is 30.9 Å². The van der Waals surface area contributed by atoms with Gasteiger partial charge in [-0.1, -0.05) is 49.4 Å². The fraction of sp³-hybridized carbons (Fsp3) is 0.606. The van der Waals surface area contributed by atoms with Crippen molar-refractivity contribution in [2.24, 2.45) is 17.8 Å². The molecule has 234 valence electrons. The van der Waals surface area contributed by atoms with Crippen molar-refractivity contribution in [3.8, 4) is 0 Å². The lowest BCUT2D eigenvalue weighted by molar-refractivity contribution is -0.163. The van der Waals surface area contributed by atoms with E-state index in [1.165, 1.54) is 4.90 Å². The lowest BCUT2D eigenvalue weighted by Gasteiger charge is -2.40. The Balaban J connectivity index is 1.56. The summed E-state index contributed by atoms with van der Waals surface area (Å²) < 4.78 is 18.0. The lowest BCUT2D eigenvalue weighted by Crippen LogP contribution is -2.58. The maximum atomic E-state index is 14.8. The number of carbonyl (C=O) groups excluding carboxylic acids is 3. The smallest absolute Gasteiger partial charge is 0.312 e. The zero-order valence-electron chi connectivity index (χ0n) is 25.4. The van der Waals surface area contributed by atoms with Crippen molar-refractivity contribution in [3.63, 3.8) is 0 Å². The first kappa shape index (κ1) is 31.4. The molecule has 3 unspecified atom stereocenters. The highest BCUT2D eigenvalue weighted by molar-refractivity contribution is 5.99. The number of morpholine rings is 1. The van der Waals surface area contributed by atoms with Gasteiger partial charge in [0.15, 0.2) is 0 Å². The zero-order chi connectivity index (χ0) is 30.8. The Labute approximate surface area is 254 Å². The van der Waals surface area contributed by atoms with E-state index < -0.39 is 47.7 Å². The summed E-state index contributed by atoms with van der Waals surface area (Å²) in [4.78, 5) is 48.6. The van der Waals surface area contributed by atoms with Gasteiger partial charge in [0, 0.05) is 32.7 Å². The van der Waals surface area contributed by atoms with Gasteiger partial charge in [0.1, 0.15) is 17.6 Å². The van der Waals surface area contributed by atoms with E-state index in [0.717, 1.165) is 13.1 Å². The first-order valence-corrected chi connectivity index (χ1v) is 15.4. The molecule has 43 heavy (non-hydrogen) atoms. The number of fused-ring (bicyclic) bond motifs is 1. The molecule has 4 fully saturated rings. The van der Waals surface area contributed by atoms with Gasteiger partial charge in [0.05, 0.1) is 44.0 Å². The quantitative estimate of drug-likeness (QED) is 0.210. The maximum Gasteiger partial charge on any atom is 0.312 e. The van der Waals surface area contributed by atoms with Crippen LogP contribution in [0, 0.1) is 17.8 Å². The van der Waals surface area contributed by atoms with E-state index in [1.807, 2.05) is 44.2 Å². The average Bonchev–Trinajstić information content (AvgIpc) is 3.53. The number of esters is 1. The lowest BCUT2D eigenvalue weighted by atomic mass is 9.62. The molecule has 0 saturated carbocycles. The number of amides is 2. The molecule has 2 amide bonds. The van der Waals surface area contributed by atoms with Crippen molar-refractivity contribution in [1.82, 2.24) is 14.7 Å². The summed E-state index contributed by atoms with van der Waals surface area (Å²) in [5.74, 6) is -3.05. The molecule has 7 atom stereocenters. The Morgan fingerprint density at radius 2 is 1.93 bits per heavy atom. The molecule has 0 radical (unpaired) electrons. The summed E-state index contributed by atoms with van der Waals surface area (Å²) in [7, 11) is 0. The number of carbonyl (C=O) groups is 3. The van der Waals surface area contributed by atoms with Crippen LogP contribution in [0.5, 0.6) is 0 Å². The predicted molar refractivity (Wildman–Crippen MR) is 160 cm³/mol. The number of benzene rings is 1. The number of hydrogen-bond acceptors (Lipinski definition) is 8. The van der Waals surface area contributed by atoms with Crippen LogP contribution in [0.3, 0.4) is 0 Å². The molecule has 4 saturated heterocycles. The van der Waals surface area contributed by atoms with Crippen LogP contribution in [0.4, 0.5) is 0 Å². The van der Waals surface area contributed by atoms with Crippen molar-refractivity contribution >= 4 is 17.8 Å². The zero-order valence-corrected chi connectivity index (χ0v) is 25.4. The predicted octanol–water partition coefficient (Wildman–Crippen LogP) is 2.20. The molecule has 4 heterocycles. The number of likely N-dealkylation sites (tertiary alicyclic amines) is 1. The number of hydrogen-bond donors (Lipinski definition) is 1. The molecule has 4 aliphatic heterocycles. The molecular formula is C33H45N3O7. The fourth-order valence-electron chi connectivity index (χ4n) is 7.72. The number of aliphatic hydroxyl groups excluding tert-OH is 1. The van der Waals surface area contributed by atoms with E-state index in [9.17, 15) is 19.5 Å². The molecule has 2 bridgehead atoms. The molecule has 0 aliphatic carbocycles. The van der Waals surface area contributed by atoms with E-state index in [2.05, 4.69) is 18.1 Å². The third kappa shape index (κ3) is 5.43. The first-order valence-electron chi connectivity index (χ1n) is 15.4.